The average molecular weight is 296 g/mol. The van der Waals surface area contributed by atoms with Gasteiger partial charge in [-0.2, -0.15) is 0 Å². The van der Waals surface area contributed by atoms with Crippen molar-refractivity contribution < 1.29 is 18.6 Å². The lowest BCUT2D eigenvalue weighted by Crippen LogP contribution is -2.36. The van der Waals surface area contributed by atoms with E-state index in [-0.39, 0.29) is 23.6 Å². The van der Waals surface area contributed by atoms with Gasteiger partial charge in [0.1, 0.15) is 18.0 Å². The summed E-state index contributed by atoms with van der Waals surface area (Å²) in [5, 5.41) is 8.58. The maximum atomic E-state index is 13.2. The molecule has 0 heterocycles. The smallest absolute Gasteiger partial charge is 0.289 e. The number of benzene rings is 1. The fraction of sp³-hybridized carbons (Fsp3) is 0.538. The van der Waals surface area contributed by atoms with Crippen molar-refractivity contribution in [2.24, 2.45) is 5.73 Å². The van der Waals surface area contributed by atoms with E-state index in [1.165, 1.54) is 12.1 Å². The van der Waals surface area contributed by atoms with E-state index >= 15 is 0 Å². The Kier molecular flexibility index (Phi) is 6.19. The van der Waals surface area contributed by atoms with E-state index in [9.17, 15) is 8.78 Å². The van der Waals surface area contributed by atoms with Crippen LogP contribution in [0.15, 0.2) is 24.3 Å². The van der Waals surface area contributed by atoms with Crippen LogP contribution in [0, 0.1) is 0 Å². The summed E-state index contributed by atoms with van der Waals surface area (Å²) in [5.74, 6) is -2.74. The molecule has 1 aromatic rings. The van der Waals surface area contributed by atoms with E-state index < -0.39 is 18.6 Å². The molecule has 0 aliphatic rings. The minimum atomic E-state index is -3.33. The number of aliphatic hydroxyl groups is 1. The summed E-state index contributed by atoms with van der Waals surface area (Å²) in [6.45, 7) is 4.42. The van der Waals surface area contributed by atoms with Crippen molar-refractivity contribution in [1.82, 2.24) is 0 Å². The highest BCUT2D eigenvalue weighted by Gasteiger charge is 2.37. The highest BCUT2D eigenvalue weighted by molar-refractivity contribution is 5.85. The van der Waals surface area contributed by atoms with Gasteiger partial charge in [-0.25, -0.2) is 8.78 Å². The minimum Gasteiger partial charge on any atom is -0.488 e. The van der Waals surface area contributed by atoms with Gasteiger partial charge in [0.25, 0.3) is 5.92 Å². The molecule has 0 aliphatic carbocycles. The molecule has 0 fully saturated rings. The van der Waals surface area contributed by atoms with Crippen molar-refractivity contribution in [2.75, 3.05) is 6.61 Å². The van der Waals surface area contributed by atoms with Gasteiger partial charge in [0.2, 0.25) is 0 Å². The molecule has 0 aromatic heterocycles. The Hall–Kier alpha value is -0.910. The predicted molar refractivity (Wildman–Crippen MR) is 73.0 cm³/mol. The highest BCUT2D eigenvalue weighted by atomic mass is 35.5. The molecule has 110 valence electrons. The number of alkyl halides is 2. The van der Waals surface area contributed by atoms with Crippen LogP contribution < -0.4 is 10.5 Å². The molecule has 0 saturated heterocycles. The summed E-state index contributed by atoms with van der Waals surface area (Å²) in [7, 11) is 0. The largest absolute Gasteiger partial charge is 0.488 e. The molecule has 0 radical (unpaired) electrons. The summed E-state index contributed by atoms with van der Waals surface area (Å²) >= 11 is 0. The molecule has 3 nitrogen and oxygen atoms in total. The van der Waals surface area contributed by atoms with Crippen LogP contribution in [-0.2, 0) is 0 Å². The van der Waals surface area contributed by atoms with E-state index in [0.717, 1.165) is 0 Å². The summed E-state index contributed by atoms with van der Waals surface area (Å²) in [4.78, 5) is 0. The number of nitrogens with two attached hydrogens (primary N) is 1. The fourth-order valence-corrected chi connectivity index (χ4v) is 1.44. The first-order valence-electron chi connectivity index (χ1n) is 5.69. The monoisotopic (exact) mass is 295 g/mol. The number of hydrogen-bond acceptors (Lipinski definition) is 3. The Morgan fingerprint density at radius 2 is 1.68 bits per heavy atom. The van der Waals surface area contributed by atoms with Crippen LogP contribution >= 0.6 is 12.4 Å². The highest BCUT2D eigenvalue weighted by Crippen LogP contribution is 2.30. The summed E-state index contributed by atoms with van der Waals surface area (Å²) in [6, 6.07) is 4.62. The molecular formula is C13H20ClF2NO2. The van der Waals surface area contributed by atoms with Gasteiger partial charge in [-0.15, -0.1) is 12.4 Å². The van der Waals surface area contributed by atoms with Crippen molar-refractivity contribution in [1.29, 1.82) is 0 Å². The normalized spacial score (nSPS) is 13.6. The topological polar surface area (TPSA) is 55.5 Å². The molecule has 1 rings (SSSR count). The third kappa shape index (κ3) is 5.30. The summed E-state index contributed by atoms with van der Waals surface area (Å²) in [5.41, 5.74) is 5.32. The van der Waals surface area contributed by atoms with Crippen molar-refractivity contribution >= 4 is 12.4 Å². The van der Waals surface area contributed by atoms with Gasteiger partial charge in [0, 0.05) is 0 Å². The van der Waals surface area contributed by atoms with Crippen LogP contribution in [0.2, 0.25) is 0 Å². The average Bonchev–Trinajstić information content (AvgIpc) is 2.27. The number of ether oxygens (including phenoxy) is 1. The minimum absolute atomic E-state index is 0. The van der Waals surface area contributed by atoms with Gasteiger partial charge in [-0.1, -0.05) is 12.1 Å². The van der Waals surface area contributed by atoms with Gasteiger partial charge in [0.15, 0.2) is 0 Å². The van der Waals surface area contributed by atoms with Crippen LogP contribution in [0.1, 0.15) is 32.4 Å². The van der Waals surface area contributed by atoms with E-state index in [1.807, 2.05) is 20.8 Å². The molecule has 0 spiro atoms. The molecule has 0 amide bonds. The maximum Gasteiger partial charge on any atom is 0.289 e. The lowest BCUT2D eigenvalue weighted by molar-refractivity contribution is -0.0712. The molecule has 1 aromatic carbocycles. The molecular weight excluding hydrogens is 276 g/mol. The Balaban J connectivity index is 0.00000324. The van der Waals surface area contributed by atoms with Gasteiger partial charge in [0.05, 0.1) is 6.04 Å². The summed E-state index contributed by atoms with van der Waals surface area (Å²) < 4.78 is 32.0. The standard InChI is InChI=1S/C13H19F2NO2.ClH/c1-12(2,3)18-10-6-4-9(5-7-10)11(16)13(14,15)8-17;/h4-7,11,17H,8,16H2,1-3H3;1H/t11-;/m0./s1. The molecule has 0 bridgehead atoms. The Bertz CT molecular complexity index is 391. The van der Waals surface area contributed by atoms with Gasteiger partial charge < -0.3 is 15.6 Å². The van der Waals surface area contributed by atoms with Crippen LogP contribution in [0.4, 0.5) is 8.78 Å². The zero-order valence-corrected chi connectivity index (χ0v) is 12.0. The van der Waals surface area contributed by atoms with Gasteiger partial charge in [-0.3, -0.25) is 0 Å². The van der Waals surface area contributed by atoms with Crippen molar-refractivity contribution in [3.63, 3.8) is 0 Å². The number of aliphatic hydroxyl groups excluding tert-OH is 1. The van der Waals surface area contributed by atoms with Crippen molar-refractivity contribution in [3.8, 4) is 5.75 Å². The second-order valence-corrected chi connectivity index (χ2v) is 5.18. The Morgan fingerprint density at radius 1 is 1.21 bits per heavy atom. The Morgan fingerprint density at radius 3 is 2.05 bits per heavy atom. The SMILES string of the molecule is CC(C)(C)Oc1ccc([C@H](N)C(F)(F)CO)cc1.Cl. The second-order valence-electron chi connectivity index (χ2n) is 5.18. The predicted octanol–water partition coefficient (Wildman–Crippen LogP) is 2.91. The quantitative estimate of drug-likeness (QED) is 0.898. The maximum absolute atomic E-state index is 13.2. The van der Waals surface area contributed by atoms with Crippen LogP contribution in [0.5, 0.6) is 5.75 Å². The lowest BCUT2D eigenvalue weighted by atomic mass is 10.0. The number of hydrogen-bond donors (Lipinski definition) is 2. The molecule has 19 heavy (non-hydrogen) atoms. The molecule has 0 unspecified atom stereocenters. The van der Waals surface area contributed by atoms with Crippen LogP contribution in [0.25, 0.3) is 0 Å². The van der Waals surface area contributed by atoms with Crippen molar-refractivity contribution in [2.45, 2.75) is 38.3 Å². The van der Waals surface area contributed by atoms with Crippen LogP contribution in [-0.4, -0.2) is 23.2 Å². The first kappa shape index (κ1) is 18.1. The van der Waals surface area contributed by atoms with E-state index in [4.69, 9.17) is 15.6 Å². The van der Waals surface area contributed by atoms with Gasteiger partial charge >= 0.3 is 0 Å². The third-order valence-corrected chi connectivity index (χ3v) is 2.33. The zero-order valence-electron chi connectivity index (χ0n) is 11.2. The summed E-state index contributed by atoms with van der Waals surface area (Å²) in [6.07, 6.45) is 0. The fourth-order valence-electron chi connectivity index (χ4n) is 1.44. The first-order valence-corrected chi connectivity index (χ1v) is 5.69. The molecule has 3 N–H and O–H groups in total. The lowest BCUT2D eigenvalue weighted by Gasteiger charge is -2.23. The van der Waals surface area contributed by atoms with Crippen LogP contribution in [0.3, 0.4) is 0 Å². The zero-order chi connectivity index (χ0) is 14.0. The number of rotatable bonds is 4. The molecule has 1 atom stereocenters. The second kappa shape index (κ2) is 6.50. The molecule has 0 aliphatic heterocycles. The van der Waals surface area contributed by atoms with E-state index in [2.05, 4.69) is 0 Å². The van der Waals surface area contributed by atoms with E-state index in [0.29, 0.717) is 5.75 Å². The molecule has 0 saturated carbocycles. The first-order chi connectivity index (χ1) is 8.15. The Labute approximate surface area is 118 Å². The third-order valence-electron chi connectivity index (χ3n) is 2.33. The number of halogens is 3. The van der Waals surface area contributed by atoms with Gasteiger partial charge in [-0.05, 0) is 38.5 Å². The van der Waals surface area contributed by atoms with Crippen molar-refractivity contribution in [3.05, 3.63) is 29.8 Å². The molecule has 6 heteroatoms. The van der Waals surface area contributed by atoms with E-state index in [1.54, 1.807) is 12.1 Å².